The minimum Gasteiger partial charge on any atom is -0.444 e. The summed E-state index contributed by atoms with van der Waals surface area (Å²) in [5, 5.41) is 5.54. The highest BCUT2D eigenvalue weighted by molar-refractivity contribution is 6.12. The monoisotopic (exact) mass is 373 g/mol. The Labute approximate surface area is 159 Å². The Balaban J connectivity index is 1.79. The number of rotatable bonds is 6. The van der Waals surface area contributed by atoms with Crippen LogP contribution in [0.25, 0.3) is 0 Å². The number of hydrogen-bond acceptors (Lipinski definition) is 6. The lowest BCUT2D eigenvalue weighted by molar-refractivity contribution is -0.117. The van der Waals surface area contributed by atoms with E-state index in [9.17, 15) is 9.59 Å². The summed E-state index contributed by atoms with van der Waals surface area (Å²) >= 11 is 0. The standard InChI is InChI=1S/C19H27N5O3/c1-19(2,3)27-18(26)23-10-9-21-12-14(11-20)17(25)24-15-7-6-13-5-4-8-22-16(13)15/h4-5,8,11-12,15H,6-7,9-10,20H2,1-3H3,(H,23,26)(H,24,25). The summed E-state index contributed by atoms with van der Waals surface area (Å²) in [5.74, 6) is -0.301. The molecule has 1 atom stereocenters. The highest BCUT2D eigenvalue weighted by Crippen LogP contribution is 2.28. The molecule has 27 heavy (non-hydrogen) atoms. The van der Waals surface area contributed by atoms with Crippen LogP contribution in [0.3, 0.4) is 0 Å². The van der Waals surface area contributed by atoms with Crippen molar-refractivity contribution in [3.05, 3.63) is 41.4 Å². The number of pyridine rings is 1. The number of nitrogens with two attached hydrogens (primary N) is 1. The lowest BCUT2D eigenvalue weighted by Gasteiger charge is -2.19. The van der Waals surface area contributed by atoms with Crippen LogP contribution < -0.4 is 16.4 Å². The molecule has 4 N–H and O–H groups in total. The van der Waals surface area contributed by atoms with Crippen molar-refractivity contribution in [1.82, 2.24) is 15.6 Å². The van der Waals surface area contributed by atoms with Crippen molar-refractivity contribution in [3.63, 3.8) is 0 Å². The fourth-order valence-electron chi connectivity index (χ4n) is 2.67. The minimum atomic E-state index is -0.547. The number of hydrogen-bond donors (Lipinski definition) is 3. The first-order valence-electron chi connectivity index (χ1n) is 8.93. The first kappa shape index (κ1) is 20.4. The van der Waals surface area contributed by atoms with Gasteiger partial charge >= 0.3 is 6.09 Å². The SMILES string of the molecule is CC(C)(C)OC(=O)NCCN=CC(=CN)C(=O)NC1CCc2cccnc21. The Bertz CT molecular complexity index is 737. The summed E-state index contributed by atoms with van der Waals surface area (Å²) in [6.45, 7) is 5.97. The summed E-state index contributed by atoms with van der Waals surface area (Å²) < 4.78 is 5.12. The van der Waals surface area contributed by atoms with Gasteiger partial charge in [0.25, 0.3) is 5.91 Å². The van der Waals surface area contributed by atoms with Crippen LogP contribution in [0.1, 0.15) is 44.5 Å². The fraction of sp³-hybridized carbons (Fsp3) is 0.474. The molecular weight excluding hydrogens is 346 g/mol. The maximum Gasteiger partial charge on any atom is 0.407 e. The minimum absolute atomic E-state index is 0.120. The molecule has 0 aliphatic heterocycles. The van der Waals surface area contributed by atoms with E-state index in [1.54, 1.807) is 27.0 Å². The van der Waals surface area contributed by atoms with Crippen molar-refractivity contribution in [3.8, 4) is 0 Å². The summed E-state index contributed by atoms with van der Waals surface area (Å²) in [6.07, 6.45) is 5.54. The summed E-state index contributed by atoms with van der Waals surface area (Å²) in [4.78, 5) is 32.4. The van der Waals surface area contributed by atoms with E-state index in [0.29, 0.717) is 13.1 Å². The molecule has 0 fully saturated rings. The van der Waals surface area contributed by atoms with Gasteiger partial charge in [0.2, 0.25) is 0 Å². The predicted octanol–water partition coefficient (Wildman–Crippen LogP) is 1.62. The molecule has 8 nitrogen and oxygen atoms in total. The van der Waals surface area contributed by atoms with Gasteiger partial charge in [0.1, 0.15) is 5.60 Å². The molecule has 0 spiro atoms. The Morgan fingerprint density at radius 2 is 2.22 bits per heavy atom. The van der Waals surface area contributed by atoms with E-state index in [1.165, 1.54) is 12.4 Å². The average molecular weight is 373 g/mol. The van der Waals surface area contributed by atoms with Crippen LogP contribution >= 0.6 is 0 Å². The Kier molecular flexibility index (Phi) is 6.92. The van der Waals surface area contributed by atoms with E-state index >= 15 is 0 Å². The molecule has 0 saturated carbocycles. The molecule has 0 radical (unpaired) electrons. The molecule has 1 aromatic heterocycles. The fourth-order valence-corrected chi connectivity index (χ4v) is 2.67. The smallest absolute Gasteiger partial charge is 0.407 e. The number of alkyl carbamates (subject to hydrolysis) is 1. The summed E-state index contributed by atoms with van der Waals surface area (Å²) in [6, 6.07) is 3.80. The number of nitrogens with one attached hydrogen (secondary N) is 2. The molecule has 0 aromatic carbocycles. The number of aromatic nitrogens is 1. The predicted molar refractivity (Wildman–Crippen MR) is 103 cm³/mol. The van der Waals surface area contributed by atoms with Gasteiger partial charge in [0, 0.05) is 25.2 Å². The first-order chi connectivity index (χ1) is 12.8. The molecule has 2 rings (SSSR count). The second kappa shape index (κ2) is 9.16. The second-order valence-electron chi connectivity index (χ2n) is 7.20. The average Bonchev–Trinajstić information content (AvgIpc) is 2.99. The lowest BCUT2D eigenvalue weighted by atomic mass is 10.2. The molecule has 1 aliphatic carbocycles. The molecule has 1 aliphatic rings. The van der Waals surface area contributed by atoms with Crippen LogP contribution in [-0.4, -0.2) is 41.9 Å². The summed E-state index contributed by atoms with van der Waals surface area (Å²) in [7, 11) is 0. The molecule has 146 valence electrons. The quantitative estimate of drug-likeness (QED) is 0.398. The van der Waals surface area contributed by atoms with Gasteiger partial charge in [-0.15, -0.1) is 0 Å². The van der Waals surface area contributed by atoms with E-state index in [1.807, 2.05) is 12.1 Å². The molecular formula is C19H27N5O3. The maximum absolute atomic E-state index is 12.4. The van der Waals surface area contributed by atoms with E-state index in [4.69, 9.17) is 10.5 Å². The van der Waals surface area contributed by atoms with E-state index < -0.39 is 11.7 Å². The Morgan fingerprint density at radius 1 is 1.44 bits per heavy atom. The number of carbonyl (C=O) groups excluding carboxylic acids is 2. The maximum atomic E-state index is 12.4. The first-order valence-corrected chi connectivity index (χ1v) is 8.93. The second-order valence-corrected chi connectivity index (χ2v) is 7.20. The van der Waals surface area contributed by atoms with Crippen LogP contribution in [0.2, 0.25) is 0 Å². The molecule has 0 saturated heterocycles. The Morgan fingerprint density at radius 3 is 2.93 bits per heavy atom. The van der Waals surface area contributed by atoms with E-state index in [0.717, 1.165) is 24.1 Å². The van der Waals surface area contributed by atoms with Crippen molar-refractivity contribution in [1.29, 1.82) is 0 Å². The molecule has 0 bridgehead atoms. The number of carbonyl (C=O) groups is 2. The van der Waals surface area contributed by atoms with Gasteiger partial charge in [-0.3, -0.25) is 14.8 Å². The zero-order valence-corrected chi connectivity index (χ0v) is 16.0. The van der Waals surface area contributed by atoms with Crippen molar-refractivity contribution >= 4 is 18.2 Å². The molecule has 1 heterocycles. The van der Waals surface area contributed by atoms with Crippen LogP contribution in [0.5, 0.6) is 0 Å². The van der Waals surface area contributed by atoms with Gasteiger partial charge < -0.3 is 21.1 Å². The normalized spacial score (nSPS) is 16.9. The highest BCUT2D eigenvalue weighted by atomic mass is 16.6. The molecule has 1 unspecified atom stereocenters. The van der Waals surface area contributed by atoms with Gasteiger partial charge in [-0.05, 0) is 45.2 Å². The van der Waals surface area contributed by atoms with Gasteiger partial charge in [-0.2, -0.15) is 0 Å². The van der Waals surface area contributed by atoms with Crippen LogP contribution in [0, 0.1) is 0 Å². The summed E-state index contributed by atoms with van der Waals surface area (Å²) in [5.41, 5.74) is 7.33. The van der Waals surface area contributed by atoms with Crippen molar-refractivity contribution < 1.29 is 14.3 Å². The van der Waals surface area contributed by atoms with Gasteiger partial charge in [-0.25, -0.2) is 4.79 Å². The number of fused-ring (bicyclic) bond motifs is 1. The Hall–Kier alpha value is -2.90. The third-order valence-corrected chi connectivity index (χ3v) is 3.85. The molecule has 2 amide bonds. The van der Waals surface area contributed by atoms with Crippen molar-refractivity contribution in [2.75, 3.05) is 13.1 Å². The number of amides is 2. The number of aliphatic imine (C=N–C) groups is 1. The number of nitrogens with zero attached hydrogens (tertiary/aromatic N) is 2. The van der Waals surface area contributed by atoms with E-state index in [2.05, 4.69) is 20.6 Å². The molecule has 1 aromatic rings. The lowest BCUT2D eigenvalue weighted by Crippen LogP contribution is -2.33. The zero-order chi connectivity index (χ0) is 19.9. The van der Waals surface area contributed by atoms with Crippen LogP contribution in [0.4, 0.5) is 4.79 Å². The van der Waals surface area contributed by atoms with Crippen molar-refractivity contribution in [2.45, 2.75) is 45.3 Å². The van der Waals surface area contributed by atoms with Crippen LogP contribution in [-0.2, 0) is 16.0 Å². The highest BCUT2D eigenvalue weighted by Gasteiger charge is 2.25. The third-order valence-electron chi connectivity index (χ3n) is 3.85. The zero-order valence-electron chi connectivity index (χ0n) is 16.0. The number of aryl methyl sites for hydroxylation is 1. The third kappa shape index (κ3) is 6.40. The van der Waals surface area contributed by atoms with E-state index in [-0.39, 0.29) is 17.5 Å². The van der Waals surface area contributed by atoms with Crippen LogP contribution in [0.15, 0.2) is 35.1 Å². The molecule has 8 heteroatoms. The van der Waals surface area contributed by atoms with Gasteiger partial charge in [0.05, 0.1) is 23.9 Å². The largest absolute Gasteiger partial charge is 0.444 e. The van der Waals surface area contributed by atoms with Gasteiger partial charge in [-0.1, -0.05) is 6.07 Å². The topological polar surface area (TPSA) is 119 Å². The van der Waals surface area contributed by atoms with Crippen molar-refractivity contribution in [2.24, 2.45) is 10.7 Å². The number of ether oxygens (including phenoxy) is 1. The van der Waals surface area contributed by atoms with Gasteiger partial charge in [0.15, 0.2) is 0 Å².